The van der Waals surface area contributed by atoms with Gasteiger partial charge in [-0.15, -0.1) is 0 Å². The Bertz CT molecular complexity index is 551. The highest BCUT2D eigenvalue weighted by Gasteiger charge is 2.22. The van der Waals surface area contributed by atoms with E-state index in [1.54, 1.807) is 11.3 Å². The number of amides is 1. The molecule has 0 aliphatic heterocycles. The zero-order valence-electron chi connectivity index (χ0n) is 11.1. The molecule has 0 atom stereocenters. The largest absolute Gasteiger partial charge is 0.355 e. The molecule has 0 unspecified atom stereocenters. The lowest BCUT2D eigenvalue weighted by Crippen LogP contribution is -2.30. The highest BCUT2D eigenvalue weighted by molar-refractivity contribution is 7.16. The van der Waals surface area contributed by atoms with Crippen molar-refractivity contribution in [1.82, 2.24) is 19.9 Å². The maximum atomic E-state index is 11.9. The average Bonchev–Trinajstić information content (AvgIpc) is 3.03. The van der Waals surface area contributed by atoms with E-state index in [1.807, 2.05) is 17.6 Å². The van der Waals surface area contributed by atoms with Crippen LogP contribution >= 0.6 is 11.3 Å². The van der Waals surface area contributed by atoms with E-state index in [9.17, 15) is 4.79 Å². The van der Waals surface area contributed by atoms with Crippen LogP contribution in [0.3, 0.4) is 0 Å². The number of rotatable bonds is 4. The molecule has 6 heteroatoms. The van der Waals surface area contributed by atoms with E-state index in [1.165, 1.54) is 12.8 Å². The molecule has 0 radical (unpaired) electrons. The Labute approximate surface area is 116 Å². The Morgan fingerprint density at radius 2 is 2.32 bits per heavy atom. The Morgan fingerprint density at radius 3 is 3.05 bits per heavy atom. The van der Waals surface area contributed by atoms with Crippen molar-refractivity contribution >= 4 is 22.2 Å². The number of aromatic nitrogens is 3. The first-order valence-corrected chi connectivity index (χ1v) is 7.63. The van der Waals surface area contributed by atoms with Crippen LogP contribution < -0.4 is 5.32 Å². The Morgan fingerprint density at radius 1 is 1.53 bits per heavy atom. The third-order valence-electron chi connectivity index (χ3n) is 3.57. The van der Waals surface area contributed by atoms with Crippen molar-refractivity contribution in [3.05, 3.63) is 16.9 Å². The molecule has 1 amide bonds. The van der Waals surface area contributed by atoms with Crippen molar-refractivity contribution < 1.29 is 4.79 Å². The highest BCUT2D eigenvalue weighted by Crippen LogP contribution is 2.24. The molecule has 5 nitrogen and oxygen atoms in total. The predicted molar refractivity (Wildman–Crippen MR) is 74.3 cm³/mol. The highest BCUT2D eigenvalue weighted by atomic mass is 32.1. The minimum atomic E-state index is 0.217. The van der Waals surface area contributed by atoms with Crippen LogP contribution in [0.1, 0.15) is 36.4 Å². The van der Waals surface area contributed by atoms with Crippen molar-refractivity contribution in [3.63, 3.8) is 0 Å². The minimum Gasteiger partial charge on any atom is -0.355 e. The van der Waals surface area contributed by atoms with Crippen LogP contribution in [0.2, 0.25) is 0 Å². The number of carbonyl (C=O) groups is 1. The van der Waals surface area contributed by atoms with Crippen LogP contribution in [0.4, 0.5) is 0 Å². The quantitative estimate of drug-likeness (QED) is 0.930. The topological polar surface area (TPSA) is 59.3 Å². The monoisotopic (exact) mass is 278 g/mol. The number of fused-ring (bicyclic) bond motifs is 1. The predicted octanol–water partition coefficient (Wildman–Crippen LogP) is 1.95. The van der Waals surface area contributed by atoms with Crippen molar-refractivity contribution in [1.29, 1.82) is 0 Å². The van der Waals surface area contributed by atoms with Gasteiger partial charge in [0.15, 0.2) is 0 Å². The smallest absolute Gasteiger partial charge is 0.223 e. The summed E-state index contributed by atoms with van der Waals surface area (Å²) in [7, 11) is 0. The van der Waals surface area contributed by atoms with Gasteiger partial charge in [0.25, 0.3) is 0 Å². The van der Waals surface area contributed by atoms with E-state index in [0.717, 1.165) is 34.9 Å². The molecule has 0 bridgehead atoms. The lowest BCUT2D eigenvalue weighted by molar-refractivity contribution is -0.124. The fourth-order valence-corrected chi connectivity index (χ4v) is 3.50. The van der Waals surface area contributed by atoms with E-state index < -0.39 is 0 Å². The molecule has 1 saturated carbocycles. The Hall–Kier alpha value is -1.43. The number of hydrogen-bond donors (Lipinski definition) is 1. The molecule has 1 N–H and O–H groups in total. The molecule has 3 rings (SSSR count). The zero-order chi connectivity index (χ0) is 13.2. The first-order chi connectivity index (χ1) is 9.22. The maximum absolute atomic E-state index is 11.9. The van der Waals surface area contributed by atoms with E-state index in [2.05, 4.69) is 15.4 Å². The van der Waals surface area contributed by atoms with Crippen molar-refractivity contribution in [3.8, 4) is 0 Å². The lowest BCUT2D eigenvalue weighted by atomic mass is 10.1. The zero-order valence-corrected chi connectivity index (χ0v) is 11.9. The first kappa shape index (κ1) is 12.6. The molecule has 102 valence electrons. The standard InChI is InChI=1S/C13H18N4OS/c1-9-8-17-13(15-9)19-11(16-17)6-7-14-12(18)10-4-2-3-5-10/h8,10H,2-7H2,1H3,(H,14,18). The summed E-state index contributed by atoms with van der Waals surface area (Å²) in [5, 5.41) is 8.49. The van der Waals surface area contributed by atoms with Gasteiger partial charge in [-0.1, -0.05) is 24.2 Å². The molecular formula is C13H18N4OS. The van der Waals surface area contributed by atoms with E-state index in [4.69, 9.17) is 0 Å². The second-order valence-electron chi connectivity index (χ2n) is 5.13. The lowest BCUT2D eigenvalue weighted by Gasteiger charge is -2.08. The molecule has 1 aliphatic carbocycles. The Balaban J connectivity index is 1.51. The molecule has 19 heavy (non-hydrogen) atoms. The van der Waals surface area contributed by atoms with E-state index in [-0.39, 0.29) is 11.8 Å². The average molecular weight is 278 g/mol. The van der Waals surface area contributed by atoms with Crippen LogP contribution in [-0.4, -0.2) is 27.0 Å². The number of imidazole rings is 1. The molecule has 1 fully saturated rings. The molecule has 2 heterocycles. The molecule has 0 spiro atoms. The summed E-state index contributed by atoms with van der Waals surface area (Å²) in [5.41, 5.74) is 0.986. The van der Waals surface area contributed by atoms with Gasteiger partial charge in [-0.2, -0.15) is 5.10 Å². The third-order valence-corrected chi connectivity index (χ3v) is 4.55. The Kier molecular flexibility index (Phi) is 3.50. The first-order valence-electron chi connectivity index (χ1n) is 6.82. The van der Waals surface area contributed by atoms with Gasteiger partial charge in [0, 0.05) is 18.9 Å². The van der Waals surface area contributed by atoms with Crippen LogP contribution in [0.15, 0.2) is 6.20 Å². The van der Waals surface area contributed by atoms with Gasteiger partial charge in [-0.25, -0.2) is 9.50 Å². The number of aryl methyl sites for hydroxylation is 1. The molecule has 0 aromatic carbocycles. The molecule has 0 saturated heterocycles. The molecule has 1 aliphatic rings. The fourth-order valence-electron chi connectivity index (χ4n) is 2.58. The fraction of sp³-hybridized carbons (Fsp3) is 0.615. The van der Waals surface area contributed by atoms with E-state index >= 15 is 0 Å². The molecular weight excluding hydrogens is 260 g/mol. The third kappa shape index (κ3) is 2.78. The number of hydrogen-bond acceptors (Lipinski definition) is 4. The number of carbonyl (C=O) groups excluding carboxylic acids is 1. The molecule has 2 aromatic rings. The number of nitrogens with one attached hydrogen (secondary N) is 1. The summed E-state index contributed by atoms with van der Waals surface area (Å²) in [6, 6.07) is 0. The normalized spacial score (nSPS) is 16.3. The summed E-state index contributed by atoms with van der Waals surface area (Å²) >= 11 is 1.59. The van der Waals surface area contributed by atoms with Crippen LogP contribution in [0.5, 0.6) is 0 Å². The summed E-state index contributed by atoms with van der Waals surface area (Å²) < 4.78 is 1.81. The second kappa shape index (κ2) is 5.28. The van der Waals surface area contributed by atoms with Crippen molar-refractivity contribution in [2.24, 2.45) is 5.92 Å². The van der Waals surface area contributed by atoms with Gasteiger partial charge in [0.05, 0.1) is 11.9 Å². The van der Waals surface area contributed by atoms with Gasteiger partial charge in [0.1, 0.15) is 5.01 Å². The van der Waals surface area contributed by atoms with Gasteiger partial charge < -0.3 is 5.32 Å². The van der Waals surface area contributed by atoms with Crippen molar-refractivity contribution in [2.45, 2.75) is 39.0 Å². The maximum Gasteiger partial charge on any atom is 0.223 e. The van der Waals surface area contributed by atoms with Gasteiger partial charge in [-0.3, -0.25) is 4.79 Å². The van der Waals surface area contributed by atoms with Gasteiger partial charge in [-0.05, 0) is 19.8 Å². The summed E-state index contributed by atoms with van der Waals surface area (Å²) in [5.74, 6) is 0.464. The van der Waals surface area contributed by atoms with Gasteiger partial charge >= 0.3 is 0 Å². The van der Waals surface area contributed by atoms with Crippen molar-refractivity contribution in [2.75, 3.05) is 6.54 Å². The number of nitrogens with zero attached hydrogens (tertiary/aromatic N) is 3. The van der Waals surface area contributed by atoms with Gasteiger partial charge in [0.2, 0.25) is 10.9 Å². The summed E-state index contributed by atoms with van der Waals surface area (Å²) in [6.45, 7) is 2.63. The molecule has 2 aromatic heterocycles. The minimum absolute atomic E-state index is 0.217. The van der Waals surface area contributed by atoms with Crippen LogP contribution in [0.25, 0.3) is 4.96 Å². The second-order valence-corrected chi connectivity index (χ2v) is 6.17. The van der Waals surface area contributed by atoms with Crippen LogP contribution in [-0.2, 0) is 11.2 Å². The van der Waals surface area contributed by atoms with E-state index in [0.29, 0.717) is 6.54 Å². The summed E-state index contributed by atoms with van der Waals surface area (Å²) in [4.78, 5) is 17.2. The summed E-state index contributed by atoms with van der Waals surface area (Å²) in [6.07, 6.45) is 7.20. The SMILES string of the molecule is Cc1cn2nc(CCNC(=O)C3CCCC3)sc2n1. The van der Waals surface area contributed by atoms with Crippen LogP contribution in [0, 0.1) is 12.8 Å².